The Kier molecular flexibility index (Phi) is 1.94. The fourth-order valence-electron chi connectivity index (χ4n) is 1.25. The van der Waals surface area contributed by atoms with Crippen LogP contribution in [0.3, 0.4) is 0 Å². The van der Waals surface area contributed by atoms with Crippen molar-refractivity contribution in [2.24, 2.45) is 0 Å². The molecule has 0 amide bonds. The average molecular weight is 163 g/mol. The second-order valence-electron chi connectivity index (χ2n) is 3.04. The molecule has 1 fully saturated rings. The standard InChI is InChI=1S/C9H13N3/c1-2-8-4-5-10-9(11-8)12-6-3-7-12/h4-5H,2-3,6-7H2,1H3. The van der Waals surface area contributed by atoms with Crippen LogP contribution in [0.5, 0.6) is 0 Å². The number of aromatic nitrogens is 2. The molecule has 64 valence electrons. The molecule has 2 rings (SSSR count). The molecule has 2 heterocycles. The molecule has 0 spiro atoms. The third-order valence-electron chi connectivity index (χ3n) is 2.20. The van der Waals surface area contributed by atoms with E-state index in [0.29, 0.717) is 0 Å². The molecular weight excluding hydrogens is 150 g/mol. The van der Waals surface area contributed by atoms with E-state index in [4.69, 9.17) is 0 Å². The van der Waals surface area contributed by atoms with Crippen LogP contribution in [0.2, 0.25) is 0 Å². The van der Waals surface area contributed by atoms with Gasteiger partial charge in [0.25, 0.3) is 0 Å². The first-order valence-electron chi connectivity index (χ1n) is 4.47. The zero-order chi connectivity index (χ0) is 8.39. The van der Waals surface area contributed by atoms with Gasteiger partial charge in [0, 0.05) is 25.0 Å². The van der Waals surface area contributed by atoms with Gasteiger partial charge in [0.2, 0.25) is 5.95 Å². The van der Waals surface area contributed by atoms with Crippen LogP contribution >= 0.6 is 0 Å². The van der Waals surface area contributed by atoms with E-state index in [1.54, 1.807) is 0 Å². The maximum atomic E-state index is 4.43. The number of aryl methyl sites for hydroxylation is 1. The quantitative estimate of drug-likeness (QED) is 0.657. The van der Waals surface area contributed by atoms with Gasteiger partial charge in [-0.3, -0.25) is 0 Å². The number of hydrogen-bond donors (Lipinski definition) is 0. The molecule has 3 heteroatoms. The molecule has 1 aliphatic rings. The van der Waals surface area contributed by atoms with E-state index in [1.165, 1.54) is 6.42 Å². The van der Waals surface area contributed by atoms with Crippen LogP contribution in [0, 0.1) is 0 Å². The Balaban J connectivity index is 2.19. The van der Waals surface area contributed by atoms with Gasteiger partial charge in [0.1, 0.15) is 0 Å². The number of hydrogen-bond acceptors (Lipinski definition) is 3. The van der Waals surface area contributed by atoms with Crippen molar-refractivity contribution in [2.45, 2.75) is 19.8 Å². The summed E-state index contributed by atoms with van der Waals surface area (Å²) in [7, 11) is 0. The van der Waals surface area contributed by atoms with Crippen LogP contribution < -0.4 is 4.90 Å². The van der Waals surface area contributed by atoms with Gasteiger partial charge >= 0.3 is 0 Å². The van der Waals surface area contributed by atoms with E-state index < -0.39 is 0 Å². The van der Waals surface area contributed by atoms with Gasteiger partial charge < -0.3 is 4.90 Å². The van der Waals surface area contributed by atoms with Gasteiger partial charge in [-0.2, -0.15) is 0 Å². The Morgan fingerprint density at radius 3 is 2.92 bits per heavy atom. The Bertz CT molecular complexity index is 268. The van der Waals surface area contributed by atoms with E-state index in [0.717, 1.165) is 31.2 Å². The highest BCUT2D eigenvalue weighted by atomic mass is 15.3. The molecule has 0 saturated carbocycles. The summed E-state index contributed by atoms with van der Waals surface area (Å²) in [6, 6.07) is 1.98. The molecule has 0 aliphatic carbocycles. The van der Waals surface area contributed by atoms with Crippen molar-refractivity contribution in [1.29, 1.82) is 0 Å². The Morgan fingerprint density at radius 1 is 1.50 bits per heavy atom. The zero-order valence-corrected chi connectivity index (χ0v) is 7.32. The second-order valence-corrected chi connectivity index (χ2v) is 3.04. The monoisotopic (exact) mass is 163 g/mol. The van der Waals surface area contributed by atoms with E-state index in [2.05, 4.69) is 21.8 Å². The van der Waals surface area contributed by atoms with Crippen LogP contribution in [0.15, 0.2) is 12.3 Å². The maximum absolute atomic E-state index is 4.43. The van der Waals surface area contributed by atoms with Gasteiger partial charge in [-0.15, -0.1) is 0 Å². The van der Waals surface area contributed by atoms with E-state index >= 15 is 0 Å². The largest absolute Gasteiger partial charge is 0.341 e. The van der Waals surface area contributed by atoms with Gasteiger partial charge in [-0.05, 0) is 18.9 Å². The third-order valence-corrected chi connectivity index (χ3v) is 2.20. The first kappa shape index (κ1) is 7.53. The van der Waals surface area contributed by atoms with Gasteiger partial charge in [-0.1, -0.05) is 6.92 Å². The smallest absolute Gasteiger partial charge is 0.225 e. The Morgan fingerprint density at radius 2 is 2.33 bits per heavy atom. The highest BCUT2D eigenvalue weighted by Gasteiger charge is 2.16. The minimum absolute atomic E-state index is 0.903. The van der Waals surface area contributed by atoms with Gasteiger partial charge in [0.05, 0.1) is 0 Å². The SMILES string of the molecule is CCc1ccnc(N2CCC2)n1. The van der Waals surface area contributed by atoms with E-state index in [1.807, 2.05) is 12.3 Å². The molecule has 1 saturated heterocycles. The predicted molar refractivity (Wildman–Crippen MR) is 48.2 cm³/mol. The maximum Gasteiger partial charge on any atom is 0.225 e. The van der Waals surface area contributed by atoms with Crippen LogP contribution in [-0.4, -0.2) is 23.1 Å². The zero-order valence-electron chi connectivity index (χ0n) is 7.32. The van der Waals surface area contributed by atoms with Crippen LogP contribution in [0.25, 0.3) is 0 Å². The Hall–Kier alpha value is -1.12. The molecule has 0 aromatic carbocycles. The van der Waals surface area contributed by atoms with Gasteiger partial charge in [-0.25, -0.2) is 9.97 Å². The van der Waals surface area contributed by atoms with Crippen molar-refractivity contribution < 1.29 is 0 Å². The van der Waals surface area contributed by atoms with Crippen LogP contribution in [0.1, 0.15) is 19.0 Å². The molecule has 0 N–H and O–H groups in total. The third kappa shape index (κ3) is 1.26. The summed E-state index contributed by atoms with van der Waals surface area (Å²) in [6.07, 6.45) is 4.11. The van der Waals surface area contributed by atoms with Crippen molar-refractivity contribution >= 4 is 5.95 Å². The van der Waals surface area contributed by atoms with Crippen molar-refractivity contribution in [1.82, 2.24) is 9.97 Å². The Labute approximate surface area is 72.4 Å². The molecule has 0 unspecified atom stereocenters. The van der Waals surface area contributed by atoms with Crippen LogP contribution in [-0.2, 0) is 6.42 Å². The molecule has 12 heavy (non-hydrogen) atoms. The minimum Gasteiger partial charge on any atom is -0.341 e. The molecule has 0 bridgehead atoms. The summed E-state index contributed by atoms with van der Waals surface area (Å²) in [6.45, 7) is 4.35. The van der Waals surface area contributed by atoms with E-state index in [9.17, 15) is 0 Å². The molecule has 3 nitrogen and oxygen atoms in total. The molecule has 1 aromatic rings. The second kappa shape index (κ2) is 3.09. The number of nitrogens with zero attached hydrogens (tertiary/aromatic N) is 3. The van der Waals surface area contributed by atoms with E-state index in [-0.39, 0.29) is 0 Å². The number of rotatable bonds is 2. The molecule has 1 aliphatic heterocycles. The molecule has 0 atom stereocenters. The number of anilines is 1. The summed E-state index contributed by atoms with van der Waals surface area (Å²) in [5, 5.41) is 0. The highest BCUT2D eigenvalue weighted by molar-refractivity contribution is 5.33. The molecular formula is C9H13N3. The first-order valence-corrected chi connectivity index (χ1v) is 4.47. The lowest BCUT2D eigenvalue weighted by atomic mass is 10.2. The van der Waals surface area contributed by atoms with Crippen molar-refractivity contribution in [3.8, 4) is 0 Å². The summed E-state index contributed by atoms with van der Waals surface area (Å²) in [5.74, 6) is 0.903. The summed E-state index contributed by atoms with van der Waals surface area (Å²) in [5.41, 5.74) is 1.13. The lowest BCUT2D eigenvalue weighted by molar-refractivity contribution is 0.598. The predicted octanol–water partition coefficient (Wildman–Crippen LogP) is 1.25. The van der Waals surface area contributed by atoms with Crippen LogP contribution in [0.4, 0.5) is 5.95 Å². The van der Waals surface area contributed by atoms with Gasteiger partial charge in [0.15, 0.2) is 0 Å². The summed E-state index contributed by atoms with van der Waals surface area (Å²) < 4.78 is 0. The van der Waals surface area contributed by atoms with Crippen molar-refractivity contribution in [3.05, 3.63) is 18.0 Å². The average Bonchev–Trinajstić information content (AvgIpc) is 2.02. The summed E-state index contributed by atoms with van der Waals surface area (Å²) >= 11 is 0. The fourth-order valence-corrected chi connectivity index (χ4v) is 1.25. The molecule has 1 aromatic heterocycles. The first-order chi connectivity index (χ1) is 5.90. The molecule has 0 radical (unpaired) electrons. The lowest BCUT2D eigenvalue weighted by Crippen LogP contribution is -2.38. The van der Waals surface area contributed by atoms with Crippen molar-refractivity contribution in [3.63, 3.8) is 0 Å². The lowest BCUT2D eigenvalue weighted by Gasteiger charge is -2.30. The summed E-state index contributed by atoms with van der Waals surface area (Å²) in [4.78, 5) is 10.9. The normalized spacial score (nSPS) is 15.9. The topological polar surface area (TPSA) is 29.0 Å². The highest BCUT2D eigenvalue weighted by Crippen LogP contribution is 2.14. The fraction of sp³-hybridized carbons (Fsp3) is 0.556. The minimum atomic E-state index is 0.903. The van der Waals surface area contributed by atoms with Crippen molar-refractivity contribution in [2.75, 3.05) is 18.0 Å².